The van der Waals surface area contributed by atoms with Crippen LogP contribution in [-0.4, -0.2) is 25.8 Å². The summed E-state index contributed by atoms with van der Waals surface area (Å²) in [5.41, 5.74) is -0.383. The number of pyridine rings is 1. The normalized spacial score (nSPS) is 10.5. The molecule has 0 aliphatic rings. The SMILES string of the molecule is Cn1cc(Sc2nccc(C(=O)O)c2F)cn1. The lowest BCUT2D eigenvalue weighted by Crippen LogP contribution is -2.02. The molecule has 5 nitrogen and oxygen atoms in total. The summed E-state index contributed by atoms with van der Waals surface area (Å²) < 4.78 is 15.3. The van der Waals surface area contributed by atoms with Crippen molar-refractivity contribution in [1.29, 1.82) is 0 Å². The van der Waals surface area contributed by atoms with E-state index in [1.165, 1.54) is 6.20 Å². The van der Waals surface area contributed by atoms with Crippen LogP contribution in [0.1, 0.15) is 10.4 Å². The molecule has 2 rings (SSSR count). The summed E-state index contributed by atoms with van der Waals surface area (Å²) in [5.74, 6) is -2.13. The van der Waals surface area contributed by atoms with Crippen LogP contribution in [-0.2, 0) is 7.05 Å². The molecule has 0 aromatic carbocycles. The van der Waals surface area contributed by atoms with Crippen molar-refractivity contribution < 1.29 is 14.3 Å². The van der Waals surface area contributed by atoms with Crippen LogP contribution in [0.15, 0.2) is 34.6 Å². The lowest BCUT2D eigenvalue weighted by molar-refractivity contribution is 0.0691. The van der Waals surface area contributed by atoms with E-state index >= 15 is 0 Å². The van der Waals surface area contributed by atoms with Gasteiger partial charge in [-0.3, -0.25) is 4.68 Å². The maximum atomic E-state index is 13.7. The van der Waals surface area contributed by atoms with Crippen LogP contribution in [0.3, 0.4) is 0 Å². The highest BCUT2D eigenvalue weighted by Gasteiger charge is 2.16. The number of hydrogen-bond acceptors (Lipinski definition) is 4. The number of aromatic carboxylic acids is 1. The molecule has 0 aliphatic carbocycles. The molecular formula is C10H8FN3O2S. The van der Waals surface area contributed by atoms with Gasteiger partial charge < -0.3 is 5.11 Å². The summed E-state index contributed by atoms with van der Waals surface area (Å²) in [6, 6.07) is 1.13. The standard InChI is InChI=1S/C10H8FN3O2S/c1-14-5-6(4-13-14)17-9-8(11)7(10(15)16)2-3-12-9/h2-5H,1H3,(H,15,16). The van der Waals surface area contributed by atoms with Gasteiger partial charge in [0.15, 0.2) is 5.82 Å². The Balaban J connectivity index is 2.33. The predicted octanol–water partition coefficient (Wildman–Crippen LogP) is 1.80. The molecule has 0 radical (unpaired) electrons. The summed E-state index contributed by atoms with van der Waals surface area (Å²) in [4.78, 5) is 15.2. The van der Waals surface area contributed by atoms with E-state index in [9.17, 15) is 9.18 Å². The van der Waals surface area contributed by atoms with E-state index in [-0.39, 0.29) is 10.6 Å². The number of hydrogen-bond donors (Lipinski definition) is 1. The first-order valence-corrected chi connectivity index (χ1v) is 5.44. The Bertz CT molecular complexity index is 570. The van der Waals surface area contributed by atoms with Gasteiger partial charge in [0.2, 0.25) is 0 Å². The fraction of sp³-hybridized carbons (Fsp3) is 0.100. The molecular weight excluding hydrogens is 245 g/mol. The maximum absolute atomic E-state index is 13.7. The second kappa shape index (κ2) is 4.54. The van der Waals surface area contributed by atoms with Crippen LogP contribution in [0.25, 0.3) is 0 Å². The van der Waals surface area contributed by atoms with Crippen molar-refractivity contribution in [2.75, 3.05) is 0 Å². The number of aryl methyl sites for hydroxylation is 1. The highest BCUT2D eigenvalue weighted by atomic mass is 32.2. The number of aromatic nitrogens is 3. The molecule has 1 N–H and O–H groups in total. The third kappa shape index (κ3) is 2.44. The first-order chi connectivity index (χ1) is 8.08. The Hall–Kier alpha value is -1.89. The summed E-state index contributed by atoms with van der Waals surface area (Å²) in [6.45, 7) is 0. The van der Waals surface area contributed by atoms with Crippen LogP contribution in [0.4, 0.5) is 4.39 Å². The molecule has 0 atom stereocenters. The van der Waals surface area contributed by atoms with Gasteiger partial charge >= 0.3 is 5.97 Å². The number of halogens is 1. The van der Waals surface area contributed by atoms with Crippen molar-refractivity contribution >= 4 is 17.7 Å². The van der Waals surface area contributed by atoms with Gasteiger partial charge in [-0.1, -0.05) is 11.8 Å². The van der Waals surface area contributed by atoms with Gasteiger partial charge in [0, 0.05) is 19.4 Å². The fourth-order valence-electron chi connectivity index (χ4n) is 1.22. The summed E-state index contributed by atoms with van der Waals surface area (Å²) >= 11 is 1.03. The molecule has 0 saturated heterocycles. The minimum Gasteiger partial charge on any atom is -0.478 e. The third-order valence-electron chi connectivity index (χ3n) is 1.98. The lowest BCUT2D eigenvalue weighted by atomic mass is 10.3. The molecule has 0 aliphatic heterocycles. The maximum Gasteiger partial charge on any atom is 0.338 e. The topological polar surface area (TPSA) is 68.0 Å². The number of carboxylic acids is 1. The van der Waals surface area contributed by atoms with E-state index in [1.807, 2.05) is 0 Å². The Morgan fingerprint density at radius 1 is 1.59 bits per heavy atom. The first-order valence-electron chi connectivity index (χ1n) is 4.62. The van der Waals surface area contributed by atoms with E-state index in [1.54, 1.807) is 24.1 Å². The Morgan fingerprint density at radius 3 is 2.94 bits per heavy atom. The summed E-state index contributed by atoms with van der Waals surface area (Å²) in [6.07, 6.45) is 4.52. The van der Waals surface area contributed by atoms with Crippen molar-refractivity contribution in [1.82, 2.24) is 14.8 Å². The molecule has 17 heavy (non-hydrogen) atoms. The zero-order chi connectivity index (χ0) is 12.4. The largest absolute Gasteiger partial charge is 0.478 e. The minimum atomic E-state index is -1.31. The number of rotatable bonds is 3. The predicted molar refractivity (Wildman–Crippen MR) is 58.5 cm³/mol. The Kier molecular flexibility index (Phi) is 3.10. The highest BCUT2D eigenvalue weighted by Crippen LogP contribution is 2.28. The Labute approximate surface area is 100 Å². The molecule has 7 heteroatoms. The quantitative estimate of drug-likeness (QED) is 0.903. The molecule has 2 aromatic rings. The van der Waals surface area contributed by atoms with Crippen molar-refractivity contribution in [3.63, 3.8) is 0 Å². The molecule has 88 valence electrons. The number of nitrogens with zero attached hydrogens (tertiary/aromatic N) is 3. The zero-order valence-electron chi connectivity index (χ0n) is 8.79. The Morgan fingerprint density at radius 2 is 2.35 bits per heavy atom. The minimum absolute atomic E-state index is 0.0258. The van der Waals surface area contributed by atoms with Crippen LogP contribution in [0.2, 0.25) is 0 Å². The summed E-state index contributed by atoms with van der Waals surface area (Å²) in [5, 5.41) is 12.7. The van der Waals surface area contributed by atoms with Gasteiger partial charge in [0.25, 0.3) is 0 Å². The smallest absolute Gasteiger partial charge is 0.338 e. The fourth-order valence-corrected chi connectivity index (χ4v) is 2.07. The second-order valence-electron chi connectivity index (χ2n) is 3.23. The van der Waals surface area contributed by atoms with Crippen LogP contribution < -0.4 is 0 Å². The average Bonchev–Trinajstić information content (AvgIpc) is 2.67. The van der Waals surface area contributed by atoms with Crippen LogP contribution in [0, 0.1) is 5.82 Å². The van der Waals surface area contributed by atoms with Gasteiger partial charge in [0.1, 0.15) is 5.03 Å². The monoisotopic (exact) mass is 253 g/mol. The van der Waals surface area contributed by atoms with E-state index < -0.39 is 11.8 Å². The summed E-state index contributed by atoms with van der Waals surface area (Å²) in [7, 11) is 1.74. The molecule has 0 saturated carbocycles. The first kappa shape index (κ1) is 11.6. The number of carbonyl (C=O) groups is 1. The van der Waals surface area contributed by atoms with Gasteiger partial charge in [-0.05, 0) is 6.07 Å². The molecule has 0 unspecified atom stereocenters. The van der Waals surface area contributed by atoms with Crippen LogP contribution >= 0.6 is 11.8 Å². The van der Waals surface area contributed by atoms with Crippen molar-refractivity contribution in [2.24, 2.45) is 7.05 Å². The molecule has 0 amide bonds. The van der Waals surface area contributed by atoms with Crippen molar-refractivity contribution in [3.8, 4) is 0 Å². The van der Waals surface area contributed by atoms with E-state index in [0.29, 0.717) is 4.90 Å². The molecule has 2 heterocycles. The van der Waals surface area contributed by atoms with Gasteiger partial charge in [-0.25, -0.2) is 14.2 Å². The zero-order valence-corrected chi connectivity index (χ0v) is 9.61. The van der Waals surface area contributed by atoms with Crippen molar-refractivity contribution in [2.45, 2.75) is 9.92 Å². The third-order valence-corrected chi connectivity index (χ3v) is 2.91. The lowest BCUT2D eigenvalue weighted by Gasteiger charge is -2.02. The van der Waals surface area contributed by atoms with E-state index in [4.69, 9.17) is 5.11 Å². The molecule has 0 bridgehead atoms. The van der Waals surface area contributed by atoms with Gasteiger partial charge in [0.05, 0.1) is 16.7 Å². The number of carboxylic acid groups (broad SMARTS) is 1. The van der Waals surface area contributed by atoms with Gasteiger partial charge in [-0.15, -0.1) is 0 Å². The highest BCUT2D eigenvalue weighted by molar-refractivity contribution is 7.99. The van der Waals surface area contributed by atoms with E-state index in [0.717, 1.165) is 17.8 Å². The van der Waals surface area contributed by atoms with Gasteiger partial charge in [-0.2, -0.15) is 5.10 Å². The van der Waals surface area contributed by atoms with Crippen LogP contribution in [0.5, 0.6) is 0 Å². The molecule has 0 spiro atoms. The average molecular weight is 253 g/mol. The molecule has 0 fully saturated rings. The van der Waals surface area contributed by atoms with E-state index in [2.05, 4.69) is 10.1 Å². The molecule has 2 aromatic heterocycles. The second-order valence-corrected chi connectivity index (χ2v) is 4.30. The van der Waals surface area contributed by atoms with Crippen molar-refractivity contribution in [3.05, 3.63) is 36.0 Å².